The average Bonchev–Trinajstić information content (AvgIpc) is 3.60. The number of nitrogens with zero attached hydrogens (tertiary/aromatic N) is 2. The molecule has 2 aromatic heterocycles. The van der Waals surface area contributed by atoms with E-state index >= 15 is 0 Å². The topological polar surface area (TPSA) is 25.8 Å². The highest BCUT2D eigenvalue weighted by atomic mass is 32.1. The third-order valence-corrected chi connectivity index (χ3v) is 13.1. The third kappa shape index (κ3) is 3.24. The zero-order chi connectivity index (χ0) is 29.3. The van der Waals surface area contributed by atoms with E-state index in [9.17, 15) is 0 Å². The molecule has 7 aromatic rings. The van der Waals surface area contributed by atoms with Gasteiger partial charge >= 0.3 is 0 Å². The zero-order valence-corrected chi connectivity index (χ0v) is 25.9. The fraction of sp³-hybridized carbons (Fsp3) is 0.238. The largest absolute Gasteiger partial charge is 0.242 e. The van der Waals surface area contributed by atoms with Gasteiger partial charge in [-0.2, -0.15) is 0 Å². The molecular weight excluding hydrogens is 565 g/mol. The summed E-state index contributed by atoms with van der Waals surface area (Å²) in [5.74, 6) is 3.32. The van der Waals surface area contributed by atoms with E-state index < -0.39 is 0 Å². The van der Waals surface area contributed by atoms with E-state index in [2.05, 4.69) is 109 Å². The number of fused-ring (bicyclic) bond motifs is 8. The van der Waals surface area contributed by atoms with Gasteiger partial charge in [-0.3, -0.25) is 0 Å². The van der Waals surface area contributed by atoms with Gasteiger partial charge in [-0.15, -0.1) is 11.3 Å². The quantitative estimate of drug-likeness (QED) is 0.198. The summed E-state index contributed by atoms with van der Waals surface area (Å²) in [7, 11) is 0. The Balaban J connectivity index is 1.20. The van der Waals surface area contributed by atoms with Crippen molar-refractivity contribution in [3.8, 4) is 33.6 Å². The second-order valence-corrected chi connectivity index (χ2v) is 15.2. The summed E-state index contributed by atoms with van der Waals surface area (Å²) in [6.45, 7) is 0. The van der Waals surface area contributed by atoms with Crippen LogP contribution in [-0.2, 0) is 5.41 Å². The second kappa shape index (κ2) is 8.89. The van der Waals surface area contributed by atoms with E-state index in [0.29, 0.717) is 0 Å². The van der Waals surface area contributed by atoms with E-state index in [1.54, 1.807) is 22.5 Å². The molecule has 0 unspecified atom stereocenters. The first-order chi connectivity index (χ1) is 22.3. The summed E-state index contributed by atoms with van der Waals surface area (Å²) in [5, 5.41) is 4.04. The van der Waals surface area contributed by atoms with Crippen LogP contribution in [0, 0.1) is 23.7 Å². The van der Waals surface area contributed by atoms with E-state index in [1.165, 1.54) is 64.1 Å². The smallest absolute Gasteiger partial charge is 0.143 e. The Bertz CT molecular complexity index is 2320. The van der Waals surface area contributed by atoms with Gasteiger partial charge in [0.2, 0.25) is 0 Å². The molecule has 2 heterocycles. The molecule has 0 radical (unpaired) electrons. The average molecular weight is 597 g/mol. The van der Waals surface area contributed by atoms with Crippen LogP contribution in [0.3, 0.4) is 0 Å². The monoisotopic (exact) mass is 596 g/mol. The van der Waals surface area contributed by atoms with Crippen molar-refractivity contribution in [1.82, 2.24) is 9.97 Å². The summed E-state index contributed by atoms with van der Waals surface area (Å²) in [6.07, 6.45) is 7.04. The Kier molecular flexibility index (Phi) is 4.92. The number of hydrogen-bond acceptors (Lipinski definition) is 3. The molecule has 0 amide bonds. The summed E-state index contributed by atoms with van der Waals surface area (Å²) in [6, 6.07) is 40.6. The van der Waals surface area contributed by atoms with Gasteiger partial charge in [0.25, 0.3) is 0 Å². The van der Waals surface area contributed by atoms with Gasteiger partial charge < -0.3 is 0 Å². The van der Waals surface area contributed by atoms with Crippen LogP contribution in [-0.4, -0.2) is 9.97 Å². The molecule has 1 spiro atoms. The minimum absolute atomic E-state index is 0.124. The predicted octanol–water partition coefficient (Wildman–Crippen LogP) is 11.1. The number of benzene rings is 5. The molecule has 12 rings (SSSR count). The van der Waals surface area contributed by atoms with Gasteiger partial charge in [0.1, 0.15) is 10.3 Å². The Labute approximate surface area is 266 Å². The maximum absolute atomic E-state index is 5.47. The first kappa shape index (κ1) is 24.9. The highest BCUT2D eigenvalue weighted by molar-refractivity contribution is 7.25. The molecule has 5 aliphatic rings. The van der Waals surface area contributed by atoms with Crippen molar-refractivity contribution in [1.29, 1.82) is 0 Å². The first-order valence-electron chi connectivity index (χ1n) is 16.7. The lowest BCUT2D eigenvalue weighted by Crippen LogP contribution is -2.55. The third-order valence-electron chi connectivity index (χ3n) is 12.1. The van der Waals surface area contributed by atoms with Crippen molar-refractivity contribution >= 4 is 42.5 Å². The maximum Gasteiger partial charge on any atom is 0.143 e. The standard InChI is InChI=1S/C42H32N2S/c1-2-9-27(10-3-1)38-39(43-40-33-12-6-7-13-36(33)45-41(40)44-38)28-15-17-35-34(23-28)32-16-14-26-8-4-5-11-31(26)37(32)42(35)29-19-24-18-25(21-29)22-30(42)20-24/h1-17,23-25,29-30H,18-22H2. The maximum atomic E-state index is 5.47. The molecule has 0 atom stereocenters. The molecule has 0 N–H and O–H groups in total. The van der Waals surface area contributed by atoms with Gasteiger partial charge in [0, 0.05) is 26.6 Å². The van der Waals surface area contributed by atoms with Crippen LogP contribution in [0.4, 0.5) is 0 Å². The highest BCUT2D eigenvalue weighted by Gasteiger charge is 2.62. The highest BCUT2D eigenvalue weighted by Crippen LogP contribution is 2.70. The van der Waals surface area contributed by atoms with Gasteiger partial charge in [-0.25, -0.2) is 9.97 Å². The Morgan fingerprint density at radius 1 is 0.578 bits per heavy atom. The minimum Gasteiger partial charge on any atom is -0.242 e. The fourth-order valence-electron chi connectivity index (χ4n) is 10.6. The molecule has 5 aromatic carbocycles. The summed E-state index contributed by atoms with van der Waals surface area (Å²) >= 11 is 1.74. The lowest BCUT2D eigenvalue weighted by atomic mass is 9.43. The van der Waals surface area contributed by atoms with Crippen LogP contribution < -0.4 is 0 Å². The van der Waals surface area contributed by atoms with Crippen molar-refractivity contribution in [2.45, 2.75) is 37.5 Å². The van der Waals surface area contributed by atoms with Crippen LogP contribution in [0.1, 0.15) is 43.2 Å². The van der Waals surface area contributed by atoms with Crippen molar-refractivity contribution in [3.63, 3.8) is 0 Å². The molecule has 5 aliphatic carbocycles. The predicted molar refractivity (Wildman–Crippen MR) is 187 cm³/mol. The fourth-order valence-corrected chi connectivity index (χ4v) is 11.7. The van der Waals surface area contributed by atoms with E-state index in [0.717, 1.165) is 56.5 Å². The van der Waals surface area contributed by atoms with Gasteiger partial charge in [0.15, 0.2) is 0 Å². The molecule has 4 bridgehead atoms. The zero-order valence-electron chi connectivity index (χ0n) is 25.0. The first-order valence-corrected chi connectivity index (χ1v) is 17.5. The van der Waals surface area contributed by atoms with E-state index in [-0.39, 0.29) is 5.41 Å². The number of rotatable bonds is 2. The molecule has 216 valence electrons. The van der Waals surface area contributed by atoms with Gasteiger partial charge in [-0.05, 0) is 101 Å². The van der Waals surface area contributed by atoms with Gasteiger partial charge in [0.05, 0.1) is 11.4 Å². The summed E-state index contributed by atoms with van der Waals surface area (Å²) in [4.78, 5) is 11.8. The van der Waals surface area contributed by atoms with Crippen molar-refractivity contribution in [3.05, 3.63) is 120 Å². The SMILES string of the molecule is c1ccc(-c2nc3sc4ccccc4c3nc2-c2ccc3c(c2)-c2ccc4ccccc4c2C32C3CC4CC(C3)CC2C4)cc1. The summed E-state index contributed by atoms with van der Waals surface area (Å²) < 4.78 is 1.24. The Morgan fingerprint density at radius 2 is 1.29 bits per heavy atom. The van der Waals surface area contributed by atoms with Crippen molar-refractivity contribution in [2.24, 2.45) is 23.7 Å². The van der Waals surface area contributed by atoms with Crippen LogP contribution >= 0.6 is 11.3 Å². The molecular formula is C42H32N2S. The minimum atomic E-state index is 0.124. The number of thiophene rings is 1. The molecule has 4 fully saturated rings. The van der Waals surface area contributed by atoms with E-state index in [4.69, 9.17) is 9.97 Å². The van der Waals surface area contributed by atoms with Crippen LogP contribution in [0.25, 0.3) is 64.8 Å². The number of hydrogen-bond donors (Lipinski definition) is 0. The Hall–Kier alpha value is -4.34. The molecule has 0 saturated heterocycles. The lowest BCUT2D eigenvalue weighted by molar-refractivity contribution is -0.0393. The molecule has 0 aliphatic heterocycles. The van der Waals surface area contributed by atoms with Gasteiger partial charge in [-0.1, -0.05) is 97.1 Å². The Morgan fingerprint density at radius 3 is 2.11 bits per heavy atom. The lowest BCUT2D eigenvalue weighted by Gasteiger charge is -2.61. The van der Waals surface area contributed by atoms with Crippen molar-refractivity contribution in [2.75, 3.05) is 0 Å². The van der Waals surface area contributed by atoms with Crippen LogP contribution in [0.5, 0.6) is 0 Å². The van der Waals surface area contributed by atoms with Crippen LogP contribution in [0.2, 0.25) is 0 Å². The molecule has 4 saturated carbocycles. The second-order valence-electron chi connectivity index (χ2n) is 14.2. The number of aromatic nitrogens is 2. The van der Waals surface area contributed by atoms with Crippen molar-refractivity contribution < 1.29 is 0 Å². The summed E-state index contributed by atoms with van der Waals surface area (Å²) in [5.41, 5.74) is 11.5. The van der Waals surface area contributed by atoms with Crippen LogP contribution in [0.15, 0.2) is 109 Å². The molecule has 2 nitrogen and oxygen atoms in total. The normalized spacial score (nSPS) is 25.9. The van der Waals surface area contributed by atoms with E-state index in [1.807, 2.05) is 0 Å². The molecule has 3 heteroatoms. The molecule has 45 heavy (non-hydrogen) atoms.